The second kappa shape index (κ2) is 4.97. The normalized spacial score (nSPS) is 17.2. The summed E-state index contributed by atoms with van der Waals surface area (Å²) in [5.74, 6) is 1.54. The fraction of sp³-hybridized carbons (Fsp3) is 0.368. The maximum atomic E-state index is 5.93. The minimum atomic E-state index is 0.200. The molecule has 0 saturated heterocycles. The van der Waals surface area contributed by atoms with Crippen molar-refractivity contribution in [2.45, 2.75) is 38.5 Å². The molecule has 20 heavy (non-hydrogen) atoms. The largest absolute Gasteiger partial charge is 0.493 e. The van der Waals surface area contributed by atoms with E-state index in [4.69, 9.17) is 4.74 Å². The summed E-state index contributed by atoms with van der Waals surface area (Å²) in [4.78, 5) is 0. The average Bonchev–Trinajstić information content (AvgIpc) is 2.39. The third kappa shape index (κ3) is 2.58. The molecule has 1 aliphatic carbocycles. The van der Waals surface area contributed by atoms with Crippen LogP contribution in [0.2, 0.25) is 0 Å². The van der Waals surface area contributed by atoms with Crippen LogP contribution in [-0.2, 0) is 11.8 Å². The van der Waals surface area contributed by atoms with Gasteiger partial charge in [-0.2, -0.15) is 0 Å². The summed E-state index contributed by atoms with van der Waals surface area (Å²) in [6, 6.07) is 17.2. The lowest BCUT2D eigenvalue weighted by atomic mass is 9.78. The van der Waals surface area contributed by atoms with Crippen LogP contribution in [-0.4, -0.2) is 6.61 Å². The standard InChI is InChI=1S/C19H22O/c1-19(2,3)16-8-10-17(11-9-16)20-13-15-12-14-6-4-5-7-18(14)15/h4-11,15H,12-13H2,1-3H3. The van der Waals surface area contributed by atoms with Gasteiger partial charge >= 0.3 is 0 Å². The maximum Gasteiger partial charge on any atom is 0.119 e. The van der Waals surface area contributed by atoms with Gasteiger partial charge in [-0.1, -0.05) is 57.2 Å². The molecule has 0 bridgehead atoms. The SMILES string of the molecule is CC(C)(C)c1ccc(OCC2Cc3ccccc32)cc1. The molecule has 1 unspecified atom stereocenters. The van der Waals surface area contributed by atoms with E-state index in [1.807, 2.05) is 0 Å². The van der Waals surface area contributed by atoms with E-state index in [1.165, 1.54) is 16.7 Å². The van der Waals surface area contributed by atoms with Gasteiger partial charge in [0.1, 0.15) is 5.75 Å². The van der Waals surface area contributed by atoms with Crippen molar-refractivity contribution in [2.24, 2.45) is 0 Å². The molecule has 0 radical (unpaired) electrons. The lowest BCUT2D eigenvalue weighted by Gasteiger charge is -2.30. The molecule has 1 aliphatic rings. The molecule has 0 fully saturated rings. The molecular formula is C19H22O. The van der Waals surface area contributed by atoms with E-state index in [9.17, 15) is 0 Å². The Balaban J connectivity index is 1.60. The monoisotopic (exact) mass is 266 g/mol. The summed E-state index contributed by atoms with van der Waals surface area (Å²) in [6.07, 6.45) is 1.15. The van der Waals surface area contributed by atoms with Gasteiger partial charge < -0.3 is 4.74 Å². The van der Waals surface area contributed by atoms with Crippen molar-refractivity contribution >= 4 is 0 Å². The summed E-state index contributed by atoms with van der Waals surface area (Å²) in [5.41, 5.74) is 4.48. The minimum Gasteiger partial charge on any atom is -0.493 e. The highest BCUT2D eigenvalue weighted by Gasteiger charge is 2.25. The highest BCUT2D eigenvalue weighted by atomic mass is 16.5. The Kier molecular flexibility index (Phi) is 3.29. The van der Waals surface area contributed by atoms with Gasteiger partial charge in [-0.25, -0.2) is 0 Å². The van der Waals surface area contributed by atoms with Crippen LogP contribution in [0.4, 0.5) is 0 Å². The first-order valence-electron chi connectivity index (χ1n) is 7.35. The van der Waals surface area contributed by atoms with Crippen LogP contribution in [0.3, 0.4) is 0 Å². The predicted octanol–water partition coefficient (Wildman–Crippen LogP) is 4.70. The zero-order valence-electron chi connectivity index (χ0n) is 12.5. The Morgan fingerprint density at radius 3 is 2.35 bits per heavy atom. The Morgan fingerprint density at radius 2 is 1.70 bits per heavy atom. The van der Waals surface area contributed by atoms with E-state index in [2.05, 4.69) is 69.3 Å². The molecule has 104 valence electrons. The van der Waals surface area contributed by atoms with Crippen molar-refractivity contribution in [3.63, 3.8) is 0 Å². The van der Waals surface area contributed by atoms with Gasteiger partial charge in [0, 0.05) is 5.92 Å². The smallest absolute Gasteiger partial charge is 0.119 e. The van der Waals surface area contributed by atoms with E-state index in [0.717, 1.165) is 18.8 Å². The van der Waals surface area contributed by atoms with Crippen LogP contribution in [0.15, 0.2) is 48.5 Å². The van der Waals surface area contributed by atoms with Gasteiger partial charge in [-0.05, 0) is 40.7 Å². The molecule has 1 heteroatoms. The van der Waals surface area contributed by atoms with E-state index < -0.39 is 0 Å². The molecule has 1 atom stereocenters. The summed E-state index contributed by atoms with van der Waals surface area (Å²) in [7, 11) is 0. The van der Waals surface area contributed by atoms with Crippen LogP contribution in [0, 0.1) is 0 Å². The van der Waals surface area contributed by atoms with E-state index >= 15 is 0 Å². The molecular weight excluding hydrogens is 244 g/mol. The van der Waals surface area contributed by atoms with Gasteiger partial charge in [0.15, 0.2) is 0 Å². The van der Waals surface area contributed by atoms with Crippen molar-refractivity contribution < 1.29 is 4.74 Å². The van der Waals surface area contributed by atoms with Gasteiger partial charge in [-0.15, -0.1) is 0 Å². The third-order valence-electron chi connectivity index (χ3n) is 4.13. The molecule has 1 nitrogen and oxygen atoms in total. The quantitative estimate of drug-likeness (QED) is 0.782. The first kappa shape index (κ1) is 13.2. The second-order valence-electron chi connectivity index (χ2n) is 6.69. The number of fused-ring (bicyclic) bond motifs is 1. The van der Waals surface area contributed by atoms with Gasteiger partial charge in [0.05, 0.1) is 6.61 Å². The van der Waals surface area contributed by atoms with Gasteiger partial charge in [0.25, 0.3) is 0 Å². The number of hydrogen-bond acceptors (Lipinski definition) is 1. The molecule has 0 aliphatic heterocycles. The maximum absolute atomic E-state index is 5.93. The highest BCUT2D eigenvalue weighted by Crippen LogP contribution is 2.35. The fourth-order valence-corrected chi connectivity index (χ4v) is 2.76. The Morgan fingerprint density at radius 1 is 1.00 bits per heavy atom. The van der Waals surface area contributed by atoms with Crippen LogP contribution >= 0.6 is 0 Å². The molecule has 2 aromatic carbocycles. The summed E-state index contributed by atoms with van der Waals surface area (Å²) in [6.45, 7) is 7.47. The lowest BCUT2D eigenvalue weighted by molar-refractivity contribution is 0.275. The molecule has 0 amide bonds. The Labute approximate surface area is 121 Å². The molecule has 0 saturated carbocycles. The number of ether oxygens (including phenoxy) is 1. The van der Waals surface area contributed by atoms with Crippen molar-refractivity contribution in [3.05, 3.63) is 65.2 Å². The first-order valence-corrected chi connectivity index (χ1v) is 7.35. The predicted molar refractivity (Wildman–Crippen MR) is 83.5 cm³/mol. The highest BCUT2D eigenvalue weighted by molar-refractivity contribution is 5.40. The summed E-state index contributed by atoms with van der Waals surface area (Å²) < 4.78 is 5.93. The fourth-order valence-electron chi connectivity index (χ4n) is 2.76. The number of rotatable bonds is 3. The van der Waals surface area contributed by atoms with Gasteiger partial charge in [0.2, 0.25) is 0 Å². The minimum absolute atomic E-state index is 0.200. The molecule has 3 rings (SSSR count). The second-order valence-corrected chi connectivity index (χ2v) is 6.69. The molecule has 0 N–H and O–H groups in total. The zero-order valence-corrected chi connectivity index (χ0v) is 12.5. The average molecular weight is 266 g/mol. The molecule has 0 aromatic heterocycles. The lowest BCUT2D eigenvalue weighted by Crippen LogP contribution is -2.23. The van der Waals surface area contributed by atoms with E-state index in [0.29, 0.717) is 5.92 Å². The number of benzene rings is 2. The molecule has 0 spiro atoms. The van der Waals surface area contributed by atoms with Gasteiger partial charge in [-0.3, -0.25) is 0 Å². The van der Waals surface area contributed by atoms with Crippen molar-refractivity contribution in [1.29, 1.82) is 0 Å². The van der Waals surface area contributed by atoms with Crippen LogP contribution in [0.5, 0.6) is 5.75 Å². The topological polar surface area (TPSA) is 9.23 Å². The van der Waals surface area contributed by atoms with Crippen LogP contribution in [0.25, 0.3) is 0 Å². The van der Waals surface area contributed by atoms with Crippen LogP contribution < -0.4 is 4.74 Å². The van der Waals surface area contributed by atoms with E-state index in [1.54, 1.807) is 0 Å². The third-order valence-corrected chi connectivity index (χ3v) is 4.13. The molecule has 2 aromatic rings. The van der Waals surface area contributed by atoms with E-state index in [-0.39, 0.29) is 5.41 Å². The summed E-state index contributed by atoms with van der Waals surface area (Å²) in [5, 5.41) is 0. The van der Waals surface area contributed by atoms with Crippen molar-refractivity contribution in [3.8, 4) is 5.75 Å². The Bertz CT molecular complexity index is 590. The Hall–Kier alpha value is -1.76. The first-order chi connectivity index (χ1) is 9.54. The molecule has 0 heterocycles. The summed E-state index contributed by atoms with van der Waals surface area (Å²) >= 11 is 0. The number of hydrogen-bond donors (Lipinski definition) is 0. The van der Waals surface area contributed by atoms with Crippen LogP contribution in [0.1, 0.15) is 43.4 Å². The van der Waals surface area contributed by atoms with Crippen molar-refractivity contribution in [1.82, 2.24) is 0 Å². The zero-order chi connectivity index (χ0) is 14.2. The van der Waals surface area contributed by atoms with Crippen molar-refractivity contribution in [2.75, 3.05) is 6.61 Å².